The van der Waals surface area contributed by atoms with E-state index in [1.165, 1.54) is 0 Å². The summed E-state index contributed by atoms with van der Waals surface area (Å²) < 4.78 is 0. The highest BCUT2D eigenvalue weighted by atomic mass is 35.5. The summed E-state index contributed by atoms with van der Waals surface area (Å²) in [5.41, 5.74) is 7.42. The van der Waals surface area contributed by atoms with Crippen molar-refractivity contribution in [1.82, 2.24) is 9.88 Å². The van der Waals surface area contributed by atoms with E-state index < -0.39 is 0 Å². The van der Waals surface area contributed by atoms with Crippen LogP contribution in [0, 0.1) is 5.92 Å². The zero-order valence-corrected chi connectivity index (χ0v) is 12.5. The minimum absolute atomic E-state index is 0.211. The number of hydrogen-bond donors (Lipinski definition) is 1. The summed E-state index contributed by atoms with van der Waals surface area (Å²) in [6.07, 6.45) is 3.31. The Hall–Kier alpha value is -1.65. The van der Waals surface area contributed by atoms with Gasteiger partial charge in [-0.05, 0) is 42.6 Å². The lowest BCUT2D eigenvalue weighted by Gasteiger charge is -2.17. The van der Waals surface area contributed by atoms with Gasteiger partial charge in [-0.25, -0.2) is 0 Å². The average Bonchev–Trinajstić information content (AvgIpc) is 2.85. The van der Waals surface area contributed by atoms with Crippen molar-refractivity contribution < 1.29 is 4.79 Å². The molecule has 3 rings (SSSR count). The van der Waals surface area contributed by atoms with Gasteiger partial charge in [0.15, 0.2) is 0 Å². The Morgan fingerprint density at radius 2 is 2.33 bits per heavy atom. The van der Waals surface area contributed by atoms with Crippen molar-refractivity contribution in [1.29, 1.82) is 0 Å². The number of nitrogens with zero attached hydrogens (tertiary/aromatic N) is 2. The molecule has 110 valence electrons. The van der Waals surface area contributed by atoms with Crippen LogP contribution in [-0.4, -0.2) is 28.9 Å². The standard InChI is InChI=1S/C16H18ClN3O/c17-14-7-12-2-1-4-19-16(12)13(8-14)10-20-5-3-11(9-20)6-15(18)21/h1-2,4,7-8,11H,3,5-6,9-10H2,(H2,18,21). The molecule has 21 heavy (non-hydrogen) atoms. The molecule has 1 aromatic heterocycles. The van der Waals surface area contributed by atoms with Gasteiger partial charge in [0.2, 0.25) is 5.91 Å². The molecule has 0 aliphatic carbocycles. The second kappa shape index (κ2) is 6.00. The number of rotatable bonds is 4. The lowest BCUT2D eigenvalue weighted by molar-refractivity contribution is -0.118. The van der Waals surface area contributed by atoms with Crippen molar-refractivity contribution in [3.63, 3.8) is 0 Å². The minimum Gasteiger partial charge on any atom is -0.370 e. The predicted molar refractivity (Wildman–Crippen MR) is 83.9 cm³/mol. The molecular formula is C16H18ClN3O. The number of benzene rings is 1. The molecule has 1 aromatic carbocycles. The minimum atomic E-state index is -0.211. The Kier molecular flexibility index (Phi) is 4.08. The van der Waals surface area contributed by atoms with Crippen LogP contribution in [0.15, 0.2) is 30.5 Å². The fraction of sp³-hybridized carbons (Fsp3) is 0.375. The summed E-state index contributed by atoms with van der Waals surface area (Å²) in [7, 11) is 0. The van der Waals surface area contributed by atoms with Crippen LogP contribution < -0.4 is 5.73 Å². The highest BCUT2D eigenvalue weighted by Crippen LogP contribution is 2.26. The van der Waals surface area contributed by atoms with E-state index in [0.29, 0.717) is 12.3 Å². The van der Waals surface area contributed by atoms with Gasteiger partial charge in [-0.2, -0.15) is 0 Å². The Balaban J connectivity index is 1.78. The van der Waals surface area contributed by atoms with Gasteiger partial charge in [0, 0.05) is 36.1 Å². The highest BCUT2D eigenvalue weighted by molar-refractivity contribution is 6.31. The van der Waals surface area contributed by atoms with Crippen LogP contribution in [0.3, 0.4) is 0 Å². The smallest absolute Gasteiger partial charge is 0.217 e. The number of nitrogens with two attached hydrogens (primary N) is 1. The third kappa shape index (κ3) is 3.34. The predicted octanol–water partition coefficient (Wildman–Crippen LogP) is 2.59. The molecule has 0 saturated carbocycles. The number of aromatic nitrogens is 1. The number of pyridine rings is 1. The largest absolute Gasteiger partial charge is 0.370 e. The topological polar surface area (TPSA) is 59.2 Å². The van der Waals surface area contributed by atoms with E-state index in [-0.39, 0.29) is 5.91 Å². The molecule has 0 spiro atoms. The maximum absolute atomic E-state index is 11.0. The zero-order chi connectivity index (χ0) is 14.8. The average molecular weight is 304 g/mol. The van der Waals surface area contributed by atoms with Gasteiger partial charge >= 0.3 is 0 Å². The first kappa shape index (κ1) is 14.3. The normalized spacial score (nSPS) is 19.2. The summed E-state index contributed by atoms with van der Waals surface area (Å²) in [6, 6.07) is 7.87. The quantitative estimate of drug-likeness (QED) is 0.944. The second-order valence-electron chi connectivity index (χ2n) is 5.70. The fourth-order valence-electron chi connectivity index (χ4n) is 3.10. The summed E-state index contributed by atoms with van der Waals surface area (Å²) in [5, 5.41) is 1.80. The van der Waals surface area contributed by atoms with Crippen molar-refractivity contribution in [3.8, 4) is 0 Å². The first-order valence-corrected chi connectivity index (χ1v) is 7.53. The molecule has 0 radical (unpaired) electrons. The summed E-state index contributed by atoms with van der Waals surface area (Å²) >= 11 is 6.20. The van der Waals surface area contributed by atoms with Gasteiger partial charge in [-0.1, -0.05) is 17.7 Å². The van der Waals surface area contributed by atoms with E-state index in [2.05, 4.69) is 9.88 Å². The van der Waals surface area contributed by atoms with E-state index in [1.54, 1.807) is 6.20 Å². The molecule has 1 amide bonds. The number of halogens is 1. The molecule has 4 nitrogen and oxygen atoms in total. The molecule has 2 N–H and O–H groups in total. The van der Waals surface area contributed by atoms with Crippen LogP contribution in [0.2, 0.25) is 5.02 Å². The maximum atomic E-state index is 11.0. The maximum Gasteiger partial charge on any atom is 0.217 e. The van der Waals surface area contributed by atoms with Gasteiger partial charge in [0.25, 0.3) is 0 Å². The molecule has 5 heteroatoms. The van der Waals surface area contributed by atoms with Crippen LogP contribution in [-0.2, 0) is 11.3 Å². The molecule has 1 aliphatic heterocycles. The number of fused-ring (bicyclic) bond motifs is 1. The van der Waals surface area contributed by atoms with Crippen molar-refractivity contribution in [2.75, 3.05) is 13.1 Å². The van der Waals surface area contributed by atoms with Gasteiger partial charge < -0.3 is 5.73 Å². The van der Waals surface area contributed by atoms with Gasteiger partial charge in [0.05, 0.1) is 5.52 Å². The molecule has 1 aliphatic rings. The molecule has 1 unspecified atom stereocenters. The number of carbonyl (C=O) groups is 1. The van der Waals surface area contributed by atoms with Crippen molar-refractivity contribution in [3.05, 3.63) is 41.0 Å². The van der Waals surface area contributed by atoms with Crippen molar-refractivity contribution in [2.24, 2.45) is 11.7 Å². The Labute approximate surface area is 128 Å². The molecule has 1 fully saturated rings. The lowest BCUT2D eigenvalue weighted by Crippen LogP contribution is -2.22. The van der Waals surface area contributed by atoms with Gasteiger partial charge in [0.1, 0.15) is 0 Å². The second-order valence-corrected chi connectivity index (χ2v) is 6.14. The lowest BCUT2D eigenvalue weighted by atomic mass is 10.1. The van der Waals surface area contributed by atoms with Crippen LogP contribution in [0.25, 0.3) is 10.9 Å². The number of likely N-dealkylation sites (tertiary alicyclic amines) is 1. The van der Waals surface area contributed by atoms with Crippen LogP contribution in [0.4, 0.5) is 0 Å². The van der Waals surface area contributed by atoms with Gasteiger partial charge in [-0.15, -0.1) is 0 Å². The number of hydrogen-bond acceptors (Lipinski definition) is 3. The van der Waals surface area contributed by atoms with E-state index in [1.807, 2.05) is 24.3 Å². The zero-order valence-electron chi connectivity index (χ0n) is 11.8. The Morgan fingerprint density at radius 1 is 1.48 bits per heavy atom. The third-order valence-electron chi connectivity index (χ3n) is 4.00. The first-order chi connectivity index (χ1) is 10.1. The summed E-state index contributed by atoms with van der Waals surface area (Å²) in [5.74, 6) is 0.164. The first-order valence-electron chi connectivity index (χ1n) is 7.15. The molecule has 2 aromatic rings. The van der Waals surface area contributed by atoms with Crippen LogP contribution >= 0.6 is 11.6 Å². The Morgan fingerprint density at radius 3 is 3.14 bits per heavy atom. The summed E-state index contributed by atoms with van der Waals surface area (Å²) in [6.45, 7) is 2.70. The number of primary amides is 1. The monoisotopic (exact) mass is 303 g/mol. The molecule has 2 heterocycles. The molecule has 1 saturated heterocycles. The van der Waals surface area contributed by atoms with Crippen molar-refractivity contribution in [2.45, 2.75) is 19.4 Å². The Bertz CT molecular complexity index is 674. The highest BCUT2D eigenvalue weighted by Gasteiger charge is 2.24. The van der Waals surface area contributed by atoms with Gasteiger partial charge in [-0.3, -0.25) is 14.7 Å². The van der Waals surface area contributed by atoms with Crippen LogP contribution in [0.1, 0.15) is 18.4 Å². The SMILES string of the molecule is NC(=O)CC1CCN(Cc2cc(Cl)cc3cccnc23)C1. The van der Waals surface area contributed by atoms with E-state index >= 15 is 0 Å². The molecular weight excluding hydrogens is 286 g/mol. The number of amides is 1. The third-order valence-corrected chi connectivity index (χ3v) is 4.22. The molecule has 0 bridgehead atoms. The summed E-state index contributed by atoms with van der Waals surface area (Å²) in [4.78, 5) is 17.8. The van der Waals surface area contributed by atoms with E-state index in [4.69, 9.17) is 17.3 Å². The number of carbonyl (C=O) groups excluding carboxylic acids is 1. The van der Waals surface area contributed by atoms with Crippen molar-refractivity contribution >= 4 is 28.4 Å². The van der Waals surface area contributed by atoms with E-state index in [9.17, 15) is 4.79 Å². The van der Waals surface area contributed by atoms with Crippen LogP contribution in [0.5, 0.6) is 0 Å². The fourth-order valence-corrected chi connectivity index (χ4v) is 3.35. The molecule has 1 atom stereocenters. The van der Waals surface area contributed by atoms with E-state index in [0.717, 1.165) is 47.5 Å².